The maximum absolute atomic E-state index is 12.4. The van der Waals surface area contributed by atoms with Crippen LogP contribution in [0.1, 0.15) is 32.6 Å². The van der Waals surface area contributed by atoms with Crippen molar-refractivity contribution >= 4 is 39.2 Å². The van der Waals surface area contributed by atoms with Crippen molar-refractivity contribution in [1.82, 2.24) is 14.9 Å². The number of nitrogens with one attached hydrogen (secondary N) is 1. The van der Waals surface area contributed by atoms with Gasteiger partial charge in [-0.15, -0.1) is 11.3 Å². The molecule has 0 saturated carbocycles. The van der Waals surface area contributed by atoms with E-state index in [0.717, 1.165) is 27.7 Å². The maximum Gasteiger partial charge on any atom is 0.262 e. The fourth-order valence-corrected chi connectivity index (χ4v) is 3.74. The van der Waals surface area contributed by atoms with Crippen molar-refractivity contribution in [3.05, 3.63) is 50.8 Å². The van der Waals surface area contributed by atoms with Gasteiger partial charge in [-0.2, -0.15) is 0 Å². The number of imide groups is 1. The topological polar surface area (TPSA) is 107 Å². The molecule has 0 bridgehead atoms. The van der Waals surface area contributed by atoms with Crippen LogP contribution in [-0.2, 0) is 6.42 Å². The number of carbonyl (C=O) groups is 2. The standard InChI is InChI=1S/C16H12N4O3S/c1-2-11-18-9-4-3-7(5-10(9)24-11)20-12(21)6-8-13(14(20)17)16(23)19-15(8)22/h3-6H,2,17H2,1H3,(H,19,22,23). The molecule has 3 aromatic rings. The van der Waals surface area contributed by atoms with Gasteiger partial charge in [0.25, 0.3) is 17.4 Å². The van der Waals surface area contributed by atoms with Gasteiger partial charge in [0.1, 0.15) is 5.82 Å². The number of rotatable bonds is 2. The second-order valence-corrected chi connectivity index (χ2v) is 6.50. The highest BCUT2D eigenvalue weighted by Crippen LogP contribution is 2.27. The third-order valence-electron chi connectivity index (χ3n) is 3.93. The van der Waals surface area contributed by atoms with Crippen LogP contribution in [0.4, 0.5) is 5.82 Å². The van der Waals surface area contributed by atoms with E-state index >= 15 is 0 Å². The quantitative estimate of drug-likeness (QED) is 0.687. The van der Waals surface area contributed by atoms with Crippen molar-refractivity contribution in [3.63, 3.8) is 0 Å². The average molecular weight is 340 g/mol. The average Bonchev–Trinajstić information content (AvgIpc) is 3.07. The molecule has 24 heavy (non-hydrogen) atoms. The summed E-state index contributed by atoms with van der Waals surface area (Å²) < 4.78 is 2.17. The van der Waals surface area contributed by atoms with E-state index in [2.05, 4.69) is 10.3 Å². The summed E-state index contributed by atoms with van der Waals surface area (Å²) in [5.41, 5.74) is 7.01. The maximum atomic E-state index is 12.4. The Hall–Kier alpha value is -3.00. The number of benzene rings is 1. The van der Waals surface area contributed by atoms with Crippen LogP contribution in [-0.4, -0.2) is 21.4 Å². The zero-order valence-electron chi connectivity index (χ0n) is 12.6. The smallest absolute Gasteiger partial charge is 0.262 e. The van der Waals surface area contributed by atoms with Crippen LogP contribution in [0.3, 0.4) is 0 Å². The highest BCUT2D eigenvalue weighted by Gasteiger charge is 2.31. The lowest BCUT2D eigenvalue weighted by molar-refractivity contribution is 0.0880. The van der Waals surface area contributed by atoms with Crippen LogP contribution in [0.25, 0.3) is 15.9 Å². The van der Waals surface area contributed by atoms with Gasteiger partial charge in [0, 0.05) is 6.07 Å². The molecule has 0 spiro atoms. The number of nitrogens with zero attached hydrogens (tertiary/aromatic N) is 2. The van der Waals surface area contributed by atoms with E-state index in [0.29, 0.717) is 5.69 Å². The first-order chi connectivity index (χ1) is 11.5. The lowest BCUT2D eigenvalue weighted by Crippen LogP contribution is -2.24. The van der Waals surface area contributed by atoms with Crippen LogP contribution < -0.4 is 16.6 Å². The van der Waals surface area contributed by atoms with Gasteiger partial charge in [0.15, 0.2) is 0 Å². The second kappa shape index (κ2) is 5.00. The molecule has 2 aromatic heterocycles. The Balaban J connectivity index is 1.97. The largest absolute Gasteiger partial charge is 0.384 e. The van der Waals surface area contributed by atoms with Crippen LogP contribution in [0.15, 0.2) is 29.1 Å². The number of anilines is 1. The number of amides is 2. The molecule has 7 nitrogen and oxygen atoms in total. The molecule has 4 rings (SSSR count). The molecule has 0 radical (unpaired) electrons. The lowest BCUT2D eigenvalue weighted by atomic mass is 10.1. The van der Waals surface area contributed by atoms with Crippen LogP contribution in [0.5, 0.6) is 0 Å². The Labute approximate surface area is 139 Å². The number of pyridine rings is 1. The lowest BCUT2D eigenvalue weighted by Gasteiger charge is -2.11. The number of nitrogens with two attached hydrogens (primary N) is 1. The minimum absolute atomic E-state index is 0.0193. The molecule has 2 amide bonds. The van der Waals surface area contributed by atoms with E-state index in [9.17, 15) is 14.4 Å². The molecule has 0 aliphatic carbocycles. The van der Waals surface area contributed by atoms with E-state index in [1.54, 1.807) is 17.4 Å². The summed E-state index contributed by atoms with van der Waals surface area (Å²) in [6, 6.07) is 6.48. The van der Waals surface area contributed by atoms with Crippen LogP contribution >= 0.6 is 11.3 Å². The molecular formula is C16H12N4O3S. The highest BCUT2D eigenvalue weighted by atomic mass is 32.1. The van der Waals surface area contributed by atoms with Crippen molar-refractivity contribution in [3.8, 4) is 5.69 Å². The molecule has 3 N–H and O–H groups in total. The van der Waals surface area contributed by atoms with Gasteiger partial charge in [0.05, 0.1) is 32.0 Å². The van der Waals surface area contributed by atoms with Crippen molar-refractivity contribution in [2.75, 3.05) is 5.73 Å². The Morgan fingerprint density at radius 1 is 1.21 bits per heavy atom. The first-order valence-electron chi connectivity index (χ1n) is 7.30. The molecule has 8 heteroatoms. The normalized spacial score (nSPS) is 13.4. The minimum Gasteiger partial charge on any atom is -0.384 e. The summed E-state index contributed by atoms with van der Waals surface area (Å²) in [6.07, 6.45) is 0.831. The predicted molar refractivity (Wildman–Crippen MR) is 90.8 cm³/mol. The number of aryl methyl sites for hydroxylation is 1. The SMILES string of the molecule is CCc1nc2ccc(-n3c(N)c4c(cc3=O)C(=O)NC4=O)cc2s1. The molecule has 1 aliphatic rings. The fourth-order valence-electron chi connectivity index (χ4n) is 2.80. The number of thiazole rings is 1. The molecule has 3 heterocycles. The van der Waals surface area contributed by atoms with E-state index in [-0.39, 0.29) is 16.9 Å². The van der Waals surface area contributed by atoms with Gasteiger partial charge >= 0.3 is 0 Å². The molecule has 0 saturated heterocycles. The molecule has 0 atom stereocenters. The highest BCUT2D eigenvalue weighted by molar-refractivity contribution is 7.18. The number of hydrogen-bond donors (Lipinski definition) is 2. The van der Waals surface area contributed by atoms with Gasteiger partial charge in [-0.1, -0.05) is 6.92 Å². The number of hydrogen-bond acceptors (Lipinski definition) is 6. The summed E-state index contributed by atoms with van der Waals surface area (Å²) in [6.45, 7) is 2.03. The Morgan fingerprint density at radius 3 is 2.75 bits per heavy atom. The predicted octanol–water partition coefficient (Wildman–Crippen LogP) is 1.48. The van der Waals surface area contributed by atoms with Crippen molar-refractivity contribution < 1.29 is 9.59 Å². The van der Waals surface area contributed by atoms with E-state index < -0.39 is 17.4 Å². The third kappa shape index (κ3) is 1.96. The molecule has 1 aromatic carbocycles. The Bertz CT molecular complexity index is 1100. The van der Waals surface area contributed by atoms with Crippen molar-refractivity contribution in [2.24, 2.45) is 0 Å². The molecule has 0 fully saturated rings. The summed E-state index contributed by atoms with van der Waals surface area (Å²) in [5, 5.41) is 3.15. The number of fused-ring (bicyclic) bond motifs is 2. The Kier molecular flexibility index (Phi) is 3.04. The minimum atomic E-state index is -0.601. The van der Waals surface area contributed by atoms with Crippen molar-refractivity contribution in [1.29, 1.82) is 0 Å². The number of aromatic nitrogens is 2. The van der Waals surface area contributed by atoms with Gasteiger partial charge in [0.2, 0.25) is 0 Å². The zero-order chi connectivity index (χ0) is 17.0. The van der Waals surface area contributed by atoms with Gasteiger partial charge in [-0.05, 0) is 24.6 Å². The molecular weight excluding hydrogens is 328 g/mol. The summed E-state index contributed by atoms with van der Waals surface area (Å²) in [5.74, 6) is -1.23. The summed E-state index contributed by atoms with van der Waals surface area (Å²) in [7, 11) is 0. The number of carbonyl (C=O) groups excluding carboxylic acids is 2. The van der Waals surface area contributed by atoms with Gasteiger partial charge in [-0.25, -0.2) is 4.98 Å². The van der Waals surface area contributed by atoms with Crippen molar-refractivity contribution in [2.45, 2.75) is 13.3 Å². The Morgan fingerprint density at radius 2 is 2.00 bits per heavy atom. The van der Waals surface area contributed by atoms with E-state index in [1.165, 1.54) is 4.57 Å². The first-order valence-corrected chi connectivity index (χ1v) is 8.12. The van der Waals surface area contributed by atoms with E-state index in [1.807, 2.05) is 19.1 Å². The van der Waals surface area contributed by atoms with E-state index in [4.69, 9.17) is 5.73 Å². The van der Waals surface area contributed by atoms with Gasteiger partial charge in [-0.3, -0.25) is 24.3 Å². The third-order valence-corrected chi connectivity index (χ3v) is 5.09. The second-order valence-electron chi connectivity index (χ2n) is 5.39. The number of nitrogen functional groups attached to an aromatic ring is 1. The molecule has 0 unspecified atom stereocenters. The van der Waals surface area contributed by atoms with Crippen LogP contribution in [0, 0.1) is 0 Å². The monoisotopic (exact) mass is 340 g/mol. The van der Waals surface area contributed by atoms with Crippen LogP contribution in [0.2, 0.25) is 0 Å². The summed E-state index contributed by atoms with van der Waals surface area (Å²) >= 11 is 1.54. The summed E-state index contributed by atoms with van der Waals surface area (Å²) in [4.78, 5) is 40.5. The first kappa shape index (κ1) is 14.6. The molecule has 120 valence electrons. The van der Waals surface area contributed by atoms with Gasteiger partial charge < -0.3 is 5.73 Å². The molecule has 1 aliphatic heterocycles. The fraction of sp³-hybridized carbons (Fsp3) is 0.125. The zero-order valence-corrected chi connectivity index (χ0v) is 13.4.